The fourth-order valence-corrected chi connectivity index (χ4v) is 4.03. The molecule has 2 rings (SSSR count). The van der Waals surface area contributed by atoms with Gasteiger partial charge in [-0.3, -0.25) is 0 Å². The molecule has 6 heteroatoms. The fraction of sp³-hybridized carbons (Fsp3) is 0.533. The van der Waals surface area contributed by atoms with Crippen LogP contribution in [0, 0.1) is 5.92 Å². The smallest absolute Gasteiger partial charge is 0.337 e. The predicted octanol–water partition coefficient (Wildman–Crippen LogP) is 2.28. The molecule has 0 bridgehead atoms. The highest BCUT2D eigenvalue weighted by Crippen LogP contribution is 2.32. The van der Waals surface area contributed by atoms with E-state index in [0.717, 1.165) is 12.8 Å². The van der Waals surface area contributed by atoms with E-state index in [1.54, 1.807) is 4.31 Å². The number of methoxy groups -OCH3 is 1. The molecule has 0 aromatic heterocycles. The Labute approximate surface area is 126 Å². The van der Waals surface area contributed by atoms with Crippen molar-refractivity contribution in [2.45, 2.75) is 37.6 Å². The van der Waals surface area contributed by atoms with Crippen LogP contribution in [0.25, 0.3) is 0 Å². The summed E-state index contributed by atoms with van der Waals surface area (Å²) >= 11 is 0. The molecule has 0 heterocycles. The van der Waals surface area contributed by atoms with E-state index in [4.69, 9.17) is 0 Å². The van der Waals surface area contributed by atoms with Gasteiger partial charge in [-0.2, -0.15) is 4.31 Å². The zero-order valence-electron chi connectivity index (χ0n) is 12.6. The first kappa shape index (κ1) is 16.0. The zero-order chi connectivity index (χ0) is 15.6. The first-order valence-electron chi connectivity index (χ1n) is 7.06. The molecule has 0 N–H and O–H groups in total. The zero-order valence-corrected chi connectivity index (χ0v) is 13.4. The van der Waals surface area contributed by atoms with Gasteiger partial charge in [0.05, 0.1) is 17.6 Å². The van der Waals surface area contributed by atoms with E-state index >= 15 is 0 Å². The summed E-state index contributed by atoms with van der Waals surface area (Å²) < 4.78 is 31.6. The molecule has 0 saturated heterocycles. The molecule has 1 aliphatic carbocycles. The lowest BCUT2D eigenvalue weighted by atomic mass is 10.2. The van der Waals surface area contributed by atoms with Crippen LogP contribution in [-0.4, -0.2) is 38.4 Å². The van der Waals surface area contributed by atoms with Gasteiger partial charge in [0, 0.05) is 12.6 Å². The maximum Gasteiger partial charge on any atom is 0.337 e. The maximum atomic E-state index is 12.7. The van der Waals surface area contributed by atoms with E-state index in [0.29, 0.717) is 12.1 Å². The van der Waals surface area contributed by atoms with Crippen molar-refractivity contribution in [1.82, 2.24) is 4.31 Å². The van der Waals surface area contributed by atoms with Crippen LogP contribution in [-0.2, 0) is 14.8 Å². The second-order valence-corrected chi connectivity index (χ2v) is 7.61. The van der Waals surface area contributed by atoms with Gasteiger partial charge in [-0.25, -0.2) is 13.2 Å². The molecule has 1 aromatic rings. The second-order valence-electron chi connectivity index (χ2n) is 5.72. The van der Waals surface area contributed by atoms with Crippen LogP contribution in [0.3, 0.4) is 0 Å². The monoisotopic (exact) mass is 311 g/mol. The van der Waals surface area contributed by atoms with Gasteiger partial charge < -0.3 is 4.74 Å². The Bertz CT molecular complexity index is 603. The van der Waals surface area contributed by atoms with E-state index in [2.05, 4.69) is 4.74 Å². The van der Waals surface area contributed by atoms with Crippen molar-refractivity contribution in [3.05, 3.63) is 29.8 Å². The second kappa shape index (κ2) is 6.15. The van der Waals surface area contributed by atoms with Crippen LogP contribution in [0.15, 0.2) is 29.2 Å². The van der Waals surface area contributed by atoms with Gasteiger partial charge in [-0.1, -0.05) is 13.8 Å². The highest BCUT2D eigenvalue weighted by atomic mass is 32.2. The normalized spacial score (nSPS) is 15.5. The Morgan fingerprint density at radius 1 is 1.29 bits per heavy atom. The molecule has 1 fully saturated rings. The van der Waals surface area contributed by atoms with Crippen LogP contribution in [0.4, 0.5) is 0 Å². The maximum absolute atomic E-state index is 12.7. The summed E-state index contributed by atoms with van der Waals surface area (Å²) in [5.74, 6) is -0.199. The average molecular weight is 311 g/mol. The number of hydrogen-bond acceptors (Lipinski definition) is 4. The van der Waals surface area contributed by atoms with Crippen LogP contribution in [0.2, 0.25) is 0 Å². The van der Waals surface area contributed by atoms with Gasteiger partial charge in [-0.15, -0.1) is 0 Å². The lowest BCUT2D eigenvalue weighted by Gasteiger charge is -2.23. The number of hydrogen-bond donors (Lipinski definition) is 0. The molecule has 1 saturated carbocycles. The van der Waals surface area contributed by atoms with Crippen LogP contribution in [0.1, 0.15) is 37.0 Å². The van der Waals surface area contributed by atoms with Crippen molar-refractivity contribution in [3.8, 4) is 0 Å². The molecule has 0 amide bonds. The SMILES string of the molecule is COC(=O)c1ccc(S(=O)(=O)N(CC(C)C)C2CC2)cc1. The summed E-state index contributed by atoms with van der Waals surface area (Å²) in [5, 5.41) is 0. The average Bonchev–Trinajstić information content (AvgIpc) is 3.28. The predicted molar refractivity (Wildman–Crippen MR) is 79.5 cm³/mol. The first-order valence-corrected chi connectivity index (χ1v) is 8.50. The number of sulfonamides is 1. The van der Waals surface area contributed by atoms with Gasteiger partial charge in [0.1, 0.15) is 0 Å². The van der Waals surface area contributed by atoms with Crippen LogP contribution < -0.4 is 0 Å². The van der Waals surface area contributed by atoms with E-state index in [9.17, 15) is 13.2 Å². The number of nitrogens with zero attached hydrogens (tertiary/aromatic N) is 1. The number of rotatable bonds is 6. The van der Waals surface area contributed by atoms with Crippen molar-refractivity contribution in [3.63, 3.8) is 0 Å². The Kier molecular flexibility index (Phi) is 4.68. The third-order valence-corrected chi connectivity index (χ3v) is 5.31. The molecular formula is C15H21NO4S. The van der Waals surface area contributed by atoms with Gasteiger partial charge in [0.2, 0.25) is 10.0 Å². The topological polar surface area (TPSA) is 63.7 Å². The minimum Gasteiger partial charge on any atom is -0.465 e. The quantitative estimate of drug-likeness (QED) is 0.756. The van der Waals surface area contributed by atoms with Gasteiger partial charge in [0.15, 0.2) is 0 Å². The number of benzene rings is 1. The van der Waals surface area contributed by atoms with Crippen LogP contribution in [0.5, 0.6) is 0 Å². The molecule has 1 aromatic carbocycles. The molecule has 0 unspecified atom stereocenters. The lowest BCUT2D eigenvalue weighted by molar-refractivity contribution is 0.0600. The van der Waals surface area contributed by atoms with Crippen molar-refractivity contribution in [2.24, 2.45) is 5.92 Å². The highest BCUT2D eigenvalue weighted by Gasteiger charge is 2.38. The van der Waals surface area contributed by atoms with Crippen molar-refractivity contribution >= 4 is 16.0 Å². The van der Waals surface area contributed by atoms with E-state index in [1.807, 2.05) is 13.8 Å². The summed E-state index contributed by atoms with van der Waals surface area (Å²) in [6.07, 6.45) is 1.85. The molecule has 0 aliphatic heterocycles. The molecule has 21 heavy (non-hydrogen) atoms. The van der Waals surface area contributed by atoms with Crippen molar-refractivity contribution in [1.29, 1.82) is 0 Å². The Hall–Kier alpha value is -1.40. The van der Waals surface area contributed by atoms with Gasteiger partial charge >= 0.3 is 5.97 Å². The Morgan fingerprint density at radius 3 is 2.29 bits per heavy atom. The number of carbonyl (C=O) groups is 1. The molecule has 0 spiro atoms. The summed E-state index contributed by atoms with van der Waals surface area (Å²) in [5.41, 5.74) is 0.346. The van der Waals surface area contributed by atoms with Crippen molar-refractivity contribution in [2.75, 3.05) is 13.7 Å². The number of carbonyl (C=O) groups excluding carboxylic acids is 1. The lowest BCUT2D eigenvalue weighted by Crippen LogP contribution is -2.36. The molecule has 0 radical (unpaired) electrons. The van der Waals surface area contributed by atoms with Crippen molar-refractivity contribution < 1.29 is 17.9 Å². The number of ether oxygens (including phenoxy) is 1. The minimum absolute atomic E-state index is 0.123. The summed E-state index contributed by atoms with van der Waals surface area (Å²) in [7, 11) is -2.20. The standard InChI is InChI=1S/C15H21NO4S/c1-11(2)10-16(13-6-7-13)21(18,19)14-8-4-12(5-9-14)15(17)20-3/h4-5,8-9,11,13H,6-7,10H2,1-3H3. The molecular weight excluding hydrogens is 290 g/mol. The summed E-state index contributed by atoms with van der Waals surface area (Å²) in [4.78, 5) is 11.6. The molecule has 1 aliphatic rings. The minimum atomic E-state index is -3.50. The van der Waals surface area contributed by atoms with Gasteiger partial charge in [0.25, 0.3) is 0 Å². The first-order chi connectivity index (χ1) is 9.86. The van der Waals surface area contributed by atoms with Crippen LogP contribution >= 0.6 is 0 Å². The summed E-state index contributed by atoms with van der Waals surface area (Å²) in [6, 6.07) is 6.03. The highest BCUT2D eigenvalue weighted by molar-refractivity contribution is 7.89. The third-order valence-electron chi connectivity index (χ3n) is 3.38. The van der Waals surface area contributed by atoms with Gasteiger partial charge in [-0.05, 0) is 43.0 Å². The molecule has 0 atom stereocenters. The van der Waals surface area contributed by atoms with E-state index < -0.39 is 16.0 Å². The summed E-state index contributed by atoms with van der Waals surface area (Å²) in [6.45, 7) is 4.53. The Morgan fingerprint density at radius 2 is 1.86 bits per heavy atom. The molecule has 116 valence electrons. The largest absolute Gasteiger partial charge is 0.465 e. The third kappa shape index (κ3) is 3.63. The fourth-order valence-electron chi connectivity index (χ4n) is 2.18. The molecule has 5 nitrogen and oxygen atoms in total. The number of esters is 1. The Balaban J connectivity index is 2.27. The van der Waals surface area contributed by atoms with E-state index in [1.165, 1.54) is 31.4 Å². The van der Waals surface area contributed by atoms with E-state index in [-0.39, 0.29) is 16.9 Å².